The van der Waals surface area contributed by atoms with Crippen LogP contribution in [0, 0.1) is 12.3 Å². The van der Waals surface area contributed by atoms with E-state index in [9.17, 15) is 0 Å². The summed E-state index contributed by atoms with van der Waals surface area (Å²) in [7, 11) is 0. The van der Waals surface area contributed by atoms with E-state index in [2.05, 4.69) is 16.9 Å². The van der Waals surface area contributed by atoms with Crippen molar-refractivity contribution in [1.82, 2.24) is 4.98 Å². The molecule has 2 N–H and O–H groups in total. The van der Waals surface area contributed by atoms with Gasteiger partial charge >= 0.3 is 0 Å². The normalized spacial score (nSPS) is 9.08. The summed E-state index contributed by atoms with van der Waals surface area (Å²) in [6.07, 6.45) is 4.49. The highest BCUT2D eigenvalue weighted by atomic mass is 14.9. The lowest BCUT2D eigenvalue weighted by molar-refractivity contribution is 1.25. The molecule has 0 aromatic carbocycles. The first kappa shape index (κ1) is 8.46. The molecular weight excluding hydrogens is 150 g/mol. The van der Waals surface area contributed by atoms with Crippen LogP contribution >= 0.6 is 0 Å². The second-order valence-corrected chi connectivity index (χ2v) is 2.38. The van der Waals surface area contributed by atoms with E-state index in [-0.39, 0.29) is 0 Å². The van der Waals surface area contributed by atoms with Gasteiger partial charge in [0.1, 0.15) is 5.69 Å². The highest BCUT2D eigenvalue weighted by molar-refractivity contribution is 5.84. The molecular formula is C9H11N3. The van der Waals surface area contributed by atoms with Crippen LogP contribution in [0.1, 0.15) is 11.3 Å². The van der Waals surface area contributed by atoms with Gasteiger partial charge in [0, 0.05) is 12.4 Å². The van der Waals surface area contributed by atoms with Gasteiger partial charge in [-0.05, 0) is 24.8 Å². The van der Waals surface area contributed by atoms with E-state index >= 15 is 0 Å². The van der Waals surface area contributed by atoms with Crippen LogP contribution in [0.4, 0.5) is 5.69 Å². The monoisotopic (exact) mass is 161 g/mol. The van der Waals surface area contributed by atoms with Gasteiger partial charge < -0.3 is 10.7 Å². The average Bonchev–Trinajstić information content (AvgIpc) is 2.09. The van der Waals surface area contributed by atoms with E-state index in [1.807, 2.05) is 13.0 Å². The zero-order valence-corrected chi connectivity index (χ0v) is 6.96. The van der Waals surface area contributed by atoms with Gasteiger partial charge in [0.15, 0.2) is 0 Å². The molecule has 62 valence electrons. The van der Waals surface area contributed by atoms with Crippen molar-refractivity contribution >= 4 is 11.9 Å². The van der Waals surface area contributed by atoms with E-state index in [4.69, 9.17) is 5.41 Å². The Morgan fingerprint density at radius 1 is 1.67 bits per heavy atom. The number of nitrogens with one attached hydrogen (secondary N) is 2. The molecule has 1 rings (SSSR count). The molecule has 0 aliphatic heterocycles. The predicted molar refractivity (Wildman–Crippen MR) is 50.7 cm³/mol. The Morgan fingerprint density at radius 2 is 2.42 bits per heavy atom. The molecule has 1 aromatic rings. The quantitative estimate of drug-likeness (QED) is 0.665. The molecule has 0 spiro atoms. The number of pyridine rings is 1. The zero-order valence-electron chi connectivity index (χ0n) is 6.96. The first-order valence-electron chi connectivity index (χ1n) is 3.63. The molecule has 0 unspecified atom stereocenters. The summed E-state index contributed by atoms with van der Waals surface area (Å²) in [6.45, 7) is 5.52. The number of rotatable bonds is 3. The lowest BCUT2D eigenvalue weighted by atomic mass is 10.2. The summed E-state index contributed by atoms with van der Waals surface area (Å²) in [5.41, 5.74) is 2.54. The number of hydrogen-bond donors (Lipinski definition) is 2. The van der Waals surface area contributed by atoms with E-state index in [0.717, 1.165) is 11.3 Å². The Balaban J connectivity index is 3.18. The number of aryl methyl sites for hydroxylation is 1. The highest BCUT2D eigenvalue weighted by Gasteiger charge is 2.01. The molecule has 0 atom stereocenters. The van der Waals surface area contributed by atoms with Crippen LogP contribution in [0.5, 0.6) is 0 Å². The van der Waals surface area contributed by atoms with Gasteiger partial charge in [-0.25, -0.2) is 0 Å². The first-order chi connectivity index (χ1) is 5.79. The lowest BCUT2D eigenvalue weighted by Gasteiger charge is -2.06. The van der Waals surface area contributed by atoms with Gasteiger partial charge in [-0.3, -0.25) is 4.98 Å². The molecule has 0 amide bonds. The van der Waals surface area contributed by atoms with Crippen LogP contribution in [-0.4, -0.2) is 11.2 Å². The maximum Gasteiger partial charge on any atom is 0.104 e. The van der Waals surface area contributed by atoms with Crippen LogP contribution < -0.4 is 5.32 Å². The molecule has 1 aromatic heterocycles. The Kier molecular flexibility index (Phi) is 2.58. The van der Waals surface area contributed by atoms with Crippen LogP contribution in [0.25, 0.3) is 0 Å². The summed E-state index contributed by atoms with van der Waals surface area (Å²) in [6, 6.07) is 1.89. The number of hydrogen-bond acceptors (Lipinski definition) is 3. The molecule has 1 heterocycles. The molecule has 0 aliphatic carbocycles. The maximum absolute atomic E-state index is 7.10. The SMILES string of the molecule is C=CNc1c(C)ccnc1C=N. The number of aromatic nitrogens is 1. The maximum atomic E-state index is 7.10. The number of anilines is 1. The summed E-state index contributed by atoms with van der Waals surface area (Å²) >= 11 is 0. The highest BCUT2D eigenvalue weighted by Crippen LogP contribution is 2.15. The first-order valence-corrected chi connectivity index (χ1v) is 3.63. The van der Waals surface area contributed by atoms with Crippen molar-refractivity contribution in [2.24, 2.45) is 0 Å². The number of nitrogens with zero attached hydrogens (tertiary/aromatic N) is 1. The van der Waals surface area contributed by atoms with Crippen molar-refractivity contribution in [3.05, 3.63) is 36.3 Å². The average molecular weight is 161 g/mol. The van der Waals surface area contributed by atoms with Crippen LogP contribution in [0.2, 0.25) is 0 Å². The zero-order chi connectivity index (χ0) is 8.97. The molecule has 0 saturated carbocycles. The van der Waals surface area contributed by atoms with Gasteiger partial charge in [-0.15, -0.1) is 0 Å². The second kappa shape index (κ2) is 3.67. The van der Waals surface area contributed by atoms with Crippen molar-refractivity contribution < 1.29 is 0 Å². The Labute approximate surface area is 71.7 Å². The van der Waals surface area contributed by atoms with E-state index in [1.165, 1.54) is 6.21 Å². The summed E-state index contributed by atoms with van der Waals surface area (Å²) in [5.74, 6) is 0. The minimum atomic E-state index is 0.634. The minimum Gasteiger partial charge on any atom is -0.360 e. The Hall–Kier alpha value is -1.64. The Bertz CT molecular complexity index is 305. The van der Waals surface area contributed by atoms with Crippen molar-refractivity contribution in [2.45, 2.75) is 6.92 Å². The third-order valence-electron chi connectivity index (χ3n) is 1.57. The molecule has 0 saturated heterocycles. The van der Waals surface area contributed by atoms with Crippen LogP contribution in [0.3, 0.4) is 0 Å². The van der Waals surface area contributed by atoms with Crippen molar-refractivity contribution in [2.75, 3.05) is 5.32 Å². The fourth-order valence-corrected chi connectivity index (χ4v) is 0.979. The molecule has 0 fully saturated rings. The van der Waals surface area contributed by atoms with Gasteiger partial charge in [0.05, 0.1) is 5.69 Å². The fraction of sp³-hybridized carbons (Fsp3) is 0.111. The molecule has 0 aliphatic rings. The topological polar surface area (TPSA) is 48.8 Å². The van der Waals surface area contributed by atoms with Gasteiger partial charge in [-0.2, -0.15) is 0 Å². The van der Waals surface area contributed by atoms with Crippen LogP contribution in [-0.2, 0) is 0 Å². The molecule has 0 bridgehead atoms. The third-order valence-corrected chi connectivity index (χ3v) is 1.57. The van der Waals surface area contributed by atoms with Gasteiger partial charge in [0.25, 0.3) is 0 Å². The van der Waals surface area contributed by atoms with Crippen molar-refractivity contribution in [1.29, 1.82) is 5.41 Å². The Morgan fingerprint density at radius 3 is 3.00 bits per heavy atom. The van der Waals surface area contributed by atoms with Crippen molar-refractivity contribution in [3.8, 4) is 0 Å². The summed E-state index contributed by atoms with van der Waals surface area (Å²) in [5, 5.41) is 10.0. The molecule has 3 nitrogen and oxygen atoms in total. The molecule has 0 radical (unpaired) electrons. The molecule has 3 heteroatoms. The van der Waals surface area contributed by atoms with Crippen LogP contribution in [0.15, 0.2) is 25.0 Å². The standard InChI is InChI=1S/C9H11N3/c1-3-11-9-7(2)4-5-12-8(9)6-10/h3-6,10-11H,1H2,2H3. The predicted octanol–water partition coefficient (Wildman–Crippen LogP) is 1.94. The van der Waals surface area contributed by atoms with E-state index < -0.39 is 0 Å². The van der Waals surface area contributed by atoms with Gasteiger partial charge in [-0.1, -0.05) is 6.58 Å². The minimum absolute atomic E-state index is 0.634. The van der Waals surface area contributed by atoms with Gasteiger partial charge in [0.2, 0.25) is 0 Å². The second-order valence-electron chi connectivity index (χ2n) is 2.38. The largest absolute Gasteiger partial charge is 0.360 e. The lowest BCUT2D eigenvalue weighted by Crippen LogP contribution is -1.98. The molecule has 12 heavy (non-hydrogen) atoms. The third kappa shape index (κ3) is 1.50. The smallest absolute Gasteiger partial charge is 0.104 e. The van der Waals surface area contributed by atoms with E-state index in [0.29, 0.717) is 5.69 Å². The van der Waals surface area contributed by atoms with Crippen molar-refractivity contribution in [3.63, 3.8) is 0 Å². The van der Waals surface area contributed by atoms with E-state index in [1.54, 1.807) is 12.4 Å². The summed E-state index contributed by atoms with van der Waals surface area (Å²) in [4.78, 5) is 4.02. The fourth-order valence-electron chi connectivity index (χ4n) is 0.979. The summed E-state index contributed by atoms with van der Waals surface area (Å²) < 4.78 is 0.